The van der Waals surface area contributed by atoms with Gasteiger partial charge in [-0.2, -0.15) is 0 Å². The minimum absolute atomic E-state index is 0.000202. The first kappa shape index (κ1) is 16.6. The first-order chi connectivity index (χ1) is 9.88. The third-order valence-corrected chi connectivity index (χ3v) is 2.87. The molecule has 0 bridgehead atoms. The molecule has 0 aliphatic rings. The van der Waals surface area contributed by atoms with E-state index in [9.17, 15) is 19.7 Å². The number of aldehydes is 1. The molecule has 7 heteroatoms. The fraction of sp³-hybridized carbons (Fsp3) is 0.429. The second-order valence-electron chi connectivity index (χ2n) is 4.85. The average Bonchev–Trinajstić information content (AvgIpc) is 2.43. The Labute approximate surface area is 123 Å². The molecule has 0 atom stereocenters. The first-order valence-electron chi connectivity index (χ1n) is 6.67. The summed E-state index contributed by atoms with van der Waals surface area (Å²) in [4.78, 5) is 34.7. The standard InChI is InChI=1S/C14H19N3O4/c1-4-16(8-14(19)15-10(2)3)12-5-6-13(17(20)21)11(7-12)9-18/h5-7,9-10H,4,8H2,1-3H3,(H,15,19). The lowest BCUT2D eigenvalue weighted by Crippen LogP contribution is -2.40. The number of rotatable bonds is 7. The Hall–Kier alpha value is -2.44. The van der Waals surface area contributed by atoms with Gasteiger partial charge in [-0.05, 0) is 32.9 Å². The van der Waals surface area contributed by atoms with E-state index in [1.165, 1.54) is 18.2 Å². The van der Waals surface area contributed by atoms with Crippen LogP contribution in [-0.4, -0.2) is 36.2 Å². The van der Waals surface area contributed by atoms with Crippen molar-refractivity contribution in [3.8, 4) is 0 Å². The maximum atomic E-state index is 11.8. The summed E-state index contributed by atoms with van der Waals surface area (Å²) in [6.07, 6.45) is 0.448. The largest absolute Gasteiger partial charge is 0.362 e. The summed E-state index contributed by atoms with van der Waals surface area (Å²) in [7, 11) is 0. The van der Waals surface area contributed by atoms with Crippen molar-refractivity contribution in [1.82, 2.24) is 5.32 Å². The molecule has 0 heterocycles. The number of hydrogen-bond donors (Lipinski definition) is 1. The molecule has 7 nitrogen and oxygen atoms in total. The third kappa shape index (κ3) is 4.55. The van der Waals surface area contributed by atoms with Crippen LogP contribution >= 0.6 is 0 Å². The number of benzene rings is 1. The predicted molar refractivity (Wildman–Crippen MR) is 79.6 cm³/mol. The van der Waals surface area contributed by atoms with Gasteiger partial charge < -0.3 is 10.2 Å². The maximum absolute atomic E-state index is 11.8. The van der Waals surface area contributed by atoms with E-state index in [0.717, 1.165) is 0 Å². The lowest BCUT2D eigenvalue weighted by molar-refractivity contribution is -0.385. The Morgan fingerprint density at radius 3 is 2.62 bits per heavy atom. The van der Waals surface area contributed by atoms with Crippen molar-refractivity contribution >= 4 is 23.6 Å². The smallest absolute Gasteiger partial charge is 0.280 e. The van der Waals surface area contributed by atoms with Crippen LogP contribution in [0, 0.1) is 10.1 Å². The van der Waals surface area contributed by atoms with Gasteiger partial charge in [0, 0.05) is 24.3 Å². The molecular formula is C14H19N3O4. The van der Waals surface area contributed by atoms with Crippen LogP contribution in [-0.2, 0) is 4.79 Å². The van der Waals surface area contributed by atoms with Crippen molar-refractivity contribution in [2.24, 2.45) is 0 Å². The summed E-state index contributed by atoms with van der Waals surface area (Å²) in [6.45, 7) is 6.27. The maximum Gasteiger partial charge on any atom is 0.280 e. The van der Waals surface area contributed by atoms with Gasteiger partial charge in [0.15, 0.2) is 6.29 Å². The number of carbonyl (C=O) groups excluding carboxylic acids is 2. The molecule has 1 aromatic carbocycles. The molecule has 0 fully saturated rings. The summed E-state index contributed by atoms with van der Waals surface area (Å²) in [5, 5.41) is 13.6. The van der Waals surface area contributed by atoms with Crippen molar-refractivity contribution < 1.29 is 14.5 Å². The molecule has 114 valence electrons. The number of nitrogens with zero attached hydrogens (tertiary/aromatic N) is 2. The van der Waals surface area contributed by atoms with Crippen molar-refractivity contribution in [2.75, 3.05) is 18.0 Å². The quantitative estimate of drug-likeness (QED) is 0.470. The highest BCUT2D eigenvalue weighted by Gasteiger charge is 2.17. The SMILES string of the molecule is CCN(CC(=O)NC(C)C)c1ccc([N+](=O)[O-])c(C=O)c1. The summed E-state index contributed by atoms with van der Waals surface area (Å²) in [5.41, 5.74) is 0.362. The predicted octanol–water partition coefficient (Wildman–Crippen LogP) is 1.76. The molecule has 21 heavy (non-hydrogen) atoms. The van der Waals surface area contributed by atoms with Gasteiger partial charge in [0.2, 0.25) is 5.91 Å². The van der Waals surface area contributed by atoms with Gasteiger partial charge in [-0.15, -0.1) is 0 Å². The fourth-order valence-corrected chi connectivity index (χ4v) is 1.93. The lowest BCUT2D eigenvalue weighted by Gasteiger charge is -2.23. The van der Waals surface area contributed by atoms with Crippen LogP contribution in [0.3, 0.4) is 0 Å². The molecular weight excluding hydrogens is 274 g/mol. The van der Waals surface area contributed by atoms with Gasteiger partial charge in [0.1, 0.15) is 0 Å². The van der Waals surface area contributed by atoms with E-state index in [0.29, 0.717) is 18.5 Å². The number of likely N-dealkylation sites (N-methyl/N-ethyl adjacent to an activating group) is 1. The van der Waals surface area contributed by atoms with Gasteiger partial charge in [0.25, 0.3) is 5.69 Å². The fourth-order valence-electron chi connectivity index (χ4n) is 1.93. The zero-order chi connectivity index (χ0) is 16.0. The van der Waals surface area contributed by atoms with E-state index < -0.39 is 4.92 Å². The number of carbonyl (C=O) groups is 2. The summed E-state index contributed by atoms with van der Waals surface area (Å²) < 4.78 is 0. The summed E-state index contributed by atoms with van der Waals surface area (Å²) >= 11 is 0. The second-order valence-corrected chi connectivity index (χ2v) is 4.85. The normalized spacial score (nSPS) is 10.3. The van der Waals surface area contributed by atoms with Crippen LogP contribution in [0.2, 0.25) is 0 Å². The minimum atomic E-state index is -0.602. The molecule has 0 radical (unpaired) electrons. The Kier molecular flexibility index (Phi) is 5.83. The number of hydrogen-bond acceptors (Lipinski definition) is 5. The van der Waals surface area contributed by atoms with Crippen LogP contribution in [0.15, 0.2) is 18.2 Å². The molecule has 0 saturated carbocycles. The van der Waals surface area contributed by atoms with Crippen LogP contribution in [0.1, 0.15) is 31.1 Å². The zero-order valence-corrected chi connectivity index (χ0v) is 12.3. The van der Waals surface area contributed by atoms with Gasteiger partial charge >= 0.3 is 0 Å². The van der Waals surface area contributed by atoms with Crippen molar-refractivity contribution in [3.63, 3.8) is 0 Å². The molecule has 0 spiro atoms. The summed E-state index contributed by atoms with van der Waals surface area (Å²) in [6, 6.07) is 4.29. The molecule has 0 aliphatic heterocycles. The van der Waals surface area contributed by atoms with Crippen LogP contribution in [0.4, 0.5) is 11.4 Å². The highest BCUT2D eigenvalue weighted by Crippen LogP contribution is 2.23. The molecule has 0 unspecified atom stereocenters. The average molecular weight is 293 g/mol. The van der Waals surface area contributed by atoms with E-state index in [1.807, 2.05) is 20.8 Å². The van der Waals surface area contributed by atoms with Crippen LogP contribution in [0.25, 0.3) is 0 Å². The number of amides is 1. The Morgan fingerprint density at radius 1 is 1.48 bits per heavy atom. The number of nitro groups is 1. The number of nitrogens with one attached hydrogen (secondary N) is 1. The van der Waals surface area contributed by atoms with E-state index in [1.54, 1.807) is 4.90 Å². The van der Waals surface area contributed by atoms with E-state index >= 15 is 0 Å². The number of anilines is 1. The van der Waals surface area contributed by atoms with E-state index in [2.05, 4.69) is 5.32 Å². The van der Waals surface area contributed by atoms with Gasteiger partial charge in [-0.25, -0.2) is 0 Å². The monoisotopic (exact) mass is 293 g/mol. The highest BCUT2D eigenvalue weighted by molar-refractivity contribution is 5.85. The molecule has 1 rings (SSSR count). The minimum Gasteiger partial charge on any atom is -0.362 e. The van der Waals surface area contributed by atoms with Crippen molar-refractivity contribution in [1.29, 1.82) is 0 Å². The van der Waals surface area contributed by atoms with Crippen molar-refractivity contribution in [2.45, 2.75) is 26.8 Å². The molecule has 0 saturated heterocycles. The van der Waals surface area contributed by atoms with Gasteiger partial charge in [-0.1, -0.05) is 0 Å². The zero-order valence-electron chi connectivity index (χ0n) is 12.3. The topological polar surface area (TPSA) is 92.6 Å². The summed E-state index contributed by atoms with van der Waals surface area (Å²) in [5.74, 6) is -0.141. The number of nitro benzene ring substituents is 1. The molecule has 1 aromatic rings. The first-order valence-corrected chi connectivity index (χ1v) is 6.67. The van der Waals surface area contributed by atoms with Crippen LogP contribution < -0.4 is 10.2 Å². The second kappa shape index (κ2) is 7.37. The lowest BCUT2D eigenvalue weighted by atomic mass is 10.1. The Bertz CT molecular complexity index is 543. The Balaban J connectivity index is 2.98. The van der Waals surface area contributed by atoms with Crippen molar-refractivity contribution in [3.05, 3.63) is 33.9 Å². The molecule has 1 N–H and O–H groups in total. The van der Waals surface area contributed by atoms with Gasteiger partial charge in [0.05, 0.1) is 17.0 Å². The molecule has 1 amide bonds. The van der Waals surface area contributed by atoms with E-state index in [4.69, 9.17) is 0 Å². The molecule has 0 aromatic heterocycles. The third-order valence-electron chi connectivity index (χ3n) is 2.87. The Morgan fingerprint density at radius 2 is 2.14 bits per heavy atom. The van der Waals surface area contributed by atoms with Gasteiger partial charge in [-0.3, -0.25) is 19.7 Å². The molecule has 0 aliphatic carbocycles. The highest BCUT2D eigenvalue weighted by atomic mass is 16.6. The van der Waals surface area contributed by atoms with Crippen LogP contribution in [0.5, 0.6) is 0 Å². The van der Waals surface area contributed by atoms with E-state index in [-0.39, 0.29) is 29.7 Å².